The molecule has 0 saturated carbocycles. The zero-order valence-corrected chi connectivity index (χ0v) is 8.11. The van der Waals surface area contributed by atoms with Crippen LogP contribution in [-0.2, 0) is 0 Å². The van der Waals surface area contributed by atoms with E-state index in [1.165, 1.54) is 18.4 Å². The van der Waals surface area contributed by atoms with Crippen LogP contribution in [0, 0.1) is 0 Å². The molecule has 1 N–H and O–H groups in total. The highest BCUT2D eigenvalue weighted by Gasteiger charge is 1.94. The van der Waals surface area contributed by atoms with Crippen molar-refractivity contribution in [3.63, 3.8) is 0 Å². The molecule has 0 saturated heterocycles. The minimum Gasteiger partial charge on any atom is -0.314 e. The first-order valence-electron chi connectivity index (χ1n) is 4.56. The Bertz CT molecular complexity index is 105. The third-order valence-corrected chi connectivity index (χ3v) is 1.63. The molecule has 0 rings (SSSR count). The first kappa shape index (κ1) is 10.7. The zero-order valence-electron chi connectivity index (χ0n) is 8.11. The van der Waals surface area contributed by atoms with E-state index < -0.39 is 0 Å². The number of hydrogen-bond acceptors (Lipinski definition) is 1. The van der Waals surface area contributed by atoms with Gasteiger partial charge in [-0.05, 0) is 19.4 Å². The topological polar surface area (TPSA) is 12.0 Å². The van der Waals surface area contributed by atoms with Crippen LogP contribution in [0.5, 0.6) is 0 Å². The molecule has 0 spiro atoms. The van der Waals surface area contributed by atoms with Crippen LogP contribution in [0.1, 0.15) is 40.0 Å². The predicted octanol–water partition coefficient (Wildman–Crippen LogP) is 2.73. The van der Waals surface area contributed by atoms with Crippen LogP contribution in [0.25, 0.3) is 0 Å². The molecule has 0 aliphatic carbocycles. The summed E-state index contributed by atoms with van der Waals surface area (Å²) in [7, 11) is 0. The fraction of sp³-hybridized carbons (Fsp3) is 0.800. The molecule has 11 heavy (non-hydrogen) atoms. The van der Waals surface area contributed by atoms with Gasteiger partial charge in [0.05, 0.1) is 0 Å². The van der Waals surface area contributed by atoms with Crippen molar-refractivity contribution in [1.29, 1.82) is 0 Å². The third-order valence-electron chi connectivity index (χ3n) is 1.63. The quantitative estimate of drug-likeness (QED) is 0.582. The molecule has 0 aromatic carbocycles. The van der Waals surface area contributed by atoms with Gasteiger partial charge in [-0.25, -0.2) is 0 Å². The second kappa shape index (κ2) is 6.41. The molecular formula is C10H21N. The molecule has 0 aliphatic rings. The minimum atomic E-state index is 0.601. The molecule has 0 bridgehead atoms. The van der Waals surface area contributed by atoms with Crippen molar-refractivity contribution in [3.8, 4) is 0 Å². The Morgan fingerprint density at radius 1 is 1.36 bits per heavy atom. The first-order valence-corrected chi connectivity index (χ1v) is 4.56. The van der Waals surface area contributed by atoms with Gasteiger partial charge in [-0.1, -0.05) is 39.3 Å². The average Bonchev–Trinajstić information content (AvgIpc) is 1.87. The zero-order chi connectivity index (χ0) is 8.69. The van der Waals surface area contributed by atoms with Crippen LogP contribution in [0.2, 0.25) is 0 Å². The Hall–Kier alpha value is -0.300. The SMILES string of the molecule is C=C(CCC)CCNC(C)C. The van der Waals surface area contributed by atoms with Crippen molar-refractivity contribution in [1.82, 2.24) is 5.32 Å². The second-order valence-corrected chi connectivity index (χ2v) is 3.36. The van der Waals surface area contributed by atoms with Gasteiger partial charge in [-0.3, -0.25) is 0 Å². The summed E-state index contributed by atoms with van der Waals surface area (Å²) in [5.41, 5.74) is 1.38. The molecule has 1 heteroatoms. The van der Waals surface area contributed by atoms with Crippen LogP contribution in [0.15, 0.2) is 12.2 Å². The molecule has 0 radical (unpaired) electrons. The summed E-state index contributed by atoms with van der Waals surface area (Å²) in [6.45, 7) is 11.6. The molecule has 0 atom stereocenters. The van der Waals surface area contributed by atoms with Crippen molar-refractivity contribution >= 4 is 0 Å². The predicted molar refractivity (Wildman–Crippen MR) is 51.8 cm³/mol. The van der Waals surface area contributed by atoms with E-state index in [0.29, 0.717) is 6.04 Å². The second-order valence-electron chi connectivity index (χ2n) is 3.36. The van der Waals surface area contributed by atoms with Gasteiger partial charge in [0.15, 0.2) is 0 Å². The van der Waals surface area contributed by atoms with Crippen LogP contribution in [0.4, 0.5) is 0 Å². The molecule has 0 unspecified atom stereocenters. The Morgan fingerprint density at radius 2 is 2.00 bits per heavy atom. The van der Waals surface area contributed by atoms with E-state index in [-0.39, 0.29) is 0 Å². The molecule has 1 nitrogen and oxygen atoms in total. The van der Waals surface area contributed by atoms with Crippen LogP contribution in [0.3, 0.4) is 0 Å². The molecule has 66 valence electrons. The van der Waals surface area contributed by atoms with Gasteiger partial charge in [0.1, 0.15) is 0 Å². The summed E-state index contributed by atoms with van der Waals surface area (Å²) in [5.74, 6) is 0. The Morgan fingerprint density at radius 3 is 2.45 bits per heavy atom. The van der Waals surface area contributed by atoms with Crippen LogP contribution >= 0.6 is 0 Å². The number of rotatable bonds is 6. The lowest BCUT2D eigenvalue weighted by Crippen LogP contribution is -2.23. The standard InChI is InChI=1S/C10H21N/c1-5-6-10(4)7-8-11-9(2)3/h9,11H,4-8H2,1-3H3. The molecule has 0 fully saturated rings. The average molecular weight is 155 g/mol. The Kier molecular flexibility index (Phi) is 6.24. The maximum atomic E-state index is 4.00. The summed E-state index contributed by atoms with van der Waals surface area (Å²) in [6, 6.07) is 0.601. The lowest BCUT2D eigenvalue weighted by Gasteiger charge is -2.08. The van der Waals surface area contributed by atoms with E-state index in [1.807, 2.05) is 0 Å². The van der Waals surface area contributed by atoms with Gasteiger partial charge in [-0.2, -0.15) is 0 Å². The van der Waals surface area contributed by atoms with E-state index in [0.717, 1.165) is 13.0 Å². The maximum absolute atomic E-state index is 4.00. The normalized spacial score (nSPS) is 10.5. The van der Waals surface area contributed by atoms with Crippen molar-refractivity contribution < 1.29 is 0 Å². The lowest BCUT2D eigenvalue weighted by atomic mass is 10.1. The molecular weight excluding hydrogens is 134 g/mol. The monoisotopic (exact) mass is 155 g/mol. The first-order chi connectivity index (χ1) is 5.16. The fourth-order valence-corrected chi connectivity index (χ4v) is 1.02. The molecule has 0 heterocycles. The van der Waals surface area contributed by atoms with Crippen molar-refractivity contribution in [2.75, 3.05) is 6.54 Å². The largest absolute Gasteiger partial charge is 0.314 e. The van der Waals surface area contributed by atoms with Gasteiger partial charge in [0.2, 0.25) is 0 Å². The summed E-state index contributed by atoms with van der Waals surface area (Å²) >= 11 is 0. The van der Waals surface area contributed by atoms with Crippen molar-refractivity contribution in [2.45, 2.75) is 46.1 Å². The highest BCUT2D eigenvalue weighted by Crippen LogP contribution is 2.04. The van der Waals surface area contributed by atoms with E-state index in [1.54, 1.807) is 0 Å². The number of nitrogens with one attached hydrogen (secondary N) is 1. The fourth-order valence-electron chi connectivity index (χ4n) is 1.02. The Labute approximate surface area is 70.9 Å². The van der Waals surface area contributed by atoms with Gasteiger partial charge >= 0.3 is 0 Å². The van der Waals surface area contributed by atoms with E-state index in [4.69, 9.17) is 0 Å². The van der Waals surface area contributed by atoms with Gasteiger partial charge in [-0.15, -0.1) is 0 Å². The maximum Gasteiger partial charge on any atom is 0.00105 e. The lowest BCUT2D eigenvalue weighted by molar-refractivity contribution is 0.584. The van der Waals surface area contributed by atoms with E-state index >= 15 is 0 Å². The molecule has 0 amide bonds. The van der Waals surface area contributed by atoms with Crippen molar-refractivity contribution in [2.24, 2.45) is 0 Å². The van der Waals surface area contributed by atoms with Gasteiger partial charge < -0.3 is 5.32 Å². The third kappa shape index (κ3) is 7.60. The Balaban J connectivity index is 3.17. The summed E-state index contributed by atoms with van der Waals surface area (Å²) in [4.78, 5) is 0. The van der Waals surface area contributed by atoms with Crippen LogP contribution in [-0.4, -0.2) is 12.6 Å². The number of hydrogen-bond donors (Lipinski definition) is 1. The van der Waals surface area contributed by atoms with Gasteiger partial charge in [0.25, 0.3) is 0 Å². The van der Waals surface area contributed by atoms with E-state index in [9.17, 15) is 0 Å². The summed E-state index contributed by atoms with van der Waals surface area (Å²) < 4.78 is 0. The summed E-state index contributed by atoms with van der Waals surface area (Å²) in [6.07, 6.45) is 3.53. The van der Waals surface area contributed by atoms with Gasteiger partial charge in [0, 0.05) is 6.04 Å². The van der Waals surface area contributed by atoms with Crippen LogP contribution < -0.4 is 5.32 Å². The minimum absolute atomic E-state index is 0.601. The summed E-state index contributed by atoms with van der Waals surface area (Å²) in [5, 5.41) is 3.37. The molecule has 0 aliphatic heterocycles. The highest BCUT2D eigenvalue weighted by molar-refractivity contribution is 4.93. The highest BCUT2D eigenvalue weighted by atomic mass is 14.9. The van der Waals surface area contributed by atoms with Crippen molar-refractivity contribution in [3.05, 3.63) is 12.2 Å². The molecule has 0 aromatic rings. The van der Waals surface area contributed by atoms with E-state index in [2.05, 4.69) is 32.7 Å². The molecule has 0 aromatic heterocycles. The smallest absolute Gasteiger partial charge is 0.00105 e.